The van der Waals surface area contributed by atoms with Gasteiger partial charge in [-0.3, -0.25) is 9.78 Å². The average molecular weight is 436 g/mol. The maximum atomic E-state index is 12.5. The van der Waals surface area contributed by atoms with Gasteiger partial charge in [0, 0.05) is 17.2 Å². The van der Waals surface area contributed by atoms with Gasteiger partial charge >= 0.3 is 0 Å². The van der Waals surface area contributed by atoms with Crippen LogP contribution in [0.25, 0.3) is 11.3 Å². The molecule has 1 aromatic heterocycles. The number of benzene rings is 2. The Labute approximate surface area is 186 Å². The molecule has 0 saturated heterocycles. The molecular weight excluding hydrogens is 412 g/mol. The van der Waals surface area contributed by atoms with Crippen LogP contribution < -0.4 is 24.4 Å². The fourth-order valence-corrected chi connectivity index (χ4v) is 2.90. The molecule has 0 spiro atoms. The van der Waals surface area contributed by atoms with Gasteiger partial charge in [0.2, 0.25) is 0 Å². The predicted octanol–water partition coefficient (Wildman–Crippen LogP) is 3.33. The summed E-state index contributed by atoms with van der Waals surface area (Å²) in [5.41, 5.74) is 4.52. The Morgan fingerprint density at radius 3 is 2.47 bits per heavy atom. The summed E-state index contributed by atoms with van der Waals surface area (Å²) in [5.74, 6) is 1.76. The number of hydrogen-bond acceptors (Lipinski definition) is 8. The first-order valence-corrected chi connectivity index (χ1v) is 9.78. The number of ether oxygens (including phenoxy) is 4. The van der Waals surface area contributed by atoms with Crippen molar-refractivity contribution in [1.29, 1.82) is 0 Å². The lowest BCUT2D eigenvalue weighted by molar-refractivity contribution is 0.0950. The second kappa shape index (κ2) is 10.8. The van der Waals surface area contributed by atoms with E-state index in [0.29, 0.717) is 35.1 Å². The third-order valence-corrected chi connectivity index (χ3v) is 4.41. The van der Waals surface area contributed by atoms with Crippen molar-refractivity contribution in [2.24, 2.45) is 5.10 Å². The standard InChI is InChI=1S/C23H24N4O5/c1-5-32-17-8-6-15(7-9-17)19-13-24-14-20(26-19)23(28)27-25-12-16-10-18(29-2)11-21(30-3)22(16)31-4/h6-14H,5H2,1-4H3,(H,27,28). The number of hydrazone groups is 1. The Hall–Kier alpha value is -4.14. The molecule has 0 radical (unpaired) electrons. The molecule has 1 N–H and O–H groups in total. The molecule has 0 fully saturated rings. The summed E-state index contributed by atoms with van der Waals surface area (Å²) in [6.07, 6.45) is 4.40. The van der Waals surface area contributed by atoms with Gasteiger partial charge in [-0.2, -0.15) is 5.10 Å². The molecule has 1 amide bonds. The lowest BCUT2D eigenvalue weighted by Crippen LogP contribution is -2.19. The largest absolute Gasteiger partial charge is 0.497 e. The molecule has 3 rings (SSSR count). The van der Waals surface area contributed by atoms with E-state index in [1.165, 1.54) is 26.6 Å². The first kappa shape index (κ1) is 22.5. The Balaban J connectivity index is 1.76. The number of carbonyl (C=O) groups is 1. The van der Waals surface area contributed by atoms with Crippen LogP contribution in [0.5, 0.6) is 23.0 Å². The van der Waals surface area contributed by atoms with Gasteiger partial charge in [0.15, 0.2) is 11.5 Å². The summed E-state index contributed by atoms with van der Waals surface area (Å²) < 4.78 is 21.4. The van der Waals surface area contributed by atoms with Crippen LogP contribution in [0.4, 0.5) is 0 Å². The van der Waals surface area contributed by atoms with Crippen molar-refractivity contribution in [3.05, 3.63) is 60.0 Å². The van der Waals surface area contributed by atoms with Crippen LogP contribution in [0.1, 0.15) is 23.0 Å². The van der Waals surface area contributed by atoms with E-state index in [9.17, 15) is 4.79 Å². The summed E-state index contributed by atoms with van der Waals surface area (Å²) in [7, 11) is 4.58. The molecule has 0 aliphatic carbocycles. The van der Waals surface area contributed by atoms with Crippen molar-refractivity contribution in [1.82, 2.24) is 15.4 Å². The molecule has 2 aromatic carbocycles. The number of carbonyl (C=O) groups excluding carboxylic acids is 1. The zero-order valence-corrected chi connectivity index (χ0v) is 18.3. The van der Waals surface area contributed by atoms with E-state index >= 15 is 0 Å². The summed E-state index contributed by atoms with van der Waals surface area (Å²) >= 11 is 0. The Kier molecular flexibility index (Phi) is 7.58. The van der Waals surface area contributed by atoms with E-state index in [0.717, 1.165) is 11.3 Å². The molecular formula is C23H24N4O5. The van der Waals surface area contributed by atoms with Crippen LogP contribution in [0.2, 0.25) is 0 Å². The van der Waals surface area contributed by atoms with E-state index in [4.69, 9.17) is 18.9 Å². The number of hydrogen-bond donors (Lipinski definition) is 1. The molecule has 0 aliphatic heterocycles. The molecule has 0 atom stereocenters. The minimum absolute atomic E-state index is 0.128. The molecule has 3 aromatic rings. The van der Waals surface area contributed by atoms with Crippen LogP contribution in [0.3, 0.4) is 0 Å². The second-order valence-corrected chi connectivity index (χ2v) is 6.40. The van der Waals surface area contributed by atoms with Gasteiger partial charge in [0.1, 0.15) is 17.2 Å². The quantitative estimate of drug-likeness (QED) is 0.405. The van der Waals surface area contributed by atoms with Crippen LogP contribution >= 0.6 is 0 Å². The number of nitrogens with one attached hydrogen (secondary N) is 1. The maximum Gasteiger partial charge on any atom is 0.291 e. The summed E-state index contributed by atoms with van der Waals surface area (Å²) in [4.78, 5) is 21.0. The monoisotopic (exact) mass is 436 g/mol. The van der Waals surface area contributed by atoms with Gasteiger partial charge in [-0.1, -0.05) is 0 Å². The SMILES string of the molecule is CCOc1ccc(-c2cncc(C(=O)NN=Cc3cc(OC)cc(OC)c3OC)n2)cc1. The van der Waals surface area contributed by atoms with Gasteiger partial charge in [-0.25, -0.2) is 10.4 Å². The normalized spacial score (nSPS) is 10.6. The third-order valence-electron chi connectivity index (χ3n) is 4.41. The Morgan fingerprint density at radius 1 is 1.03 bits per heavy atom. The van der Waals surface area contributed by atoms with Gasteiger partial charge < -0.3 is 18.9 Å². The molecule has 32 heavy (non-hydrogen) atoms. The summed E-state index contributed by atoms with van der Waals surface area (Å²) in [5, 5.41) is 4.01. The highest BCUT2D eigenvalue weighted by Crippen LogP contribution is 2.34. The fraction of sp³-hybridized carbons (Fsp3) is 0.217. The lowest BCUT2D eigenvalue weighted by Gasteiger charge is -2.12. The highest BCUT2D eigenvalue weighted by atomic mass is 16.5. The van der Waals surface area contributed by atoms with E-state index in [1.54, 1.807) is 25.4 Å². The third kappa shape index (κ3) is 5.31. The Morgan fingerprint density at radius 2 is 1.81 bits per heavy atom. The van der Waals surface area contributed by atoms with E-state index < -0.39 is 5.91 Å². The first-order valence-electron chi connectivity index (χ1n) is 9.78. The fourth-order valence-electron chi connectivity index (χ4n) is 2.90. The lowest BCUT2D eigenvalue weighted by atomic mass is 10.1. The van der Waals surface area contributed by atoms with E-state index in [-0.39, 0.29) is 5.69 Å². The van der Waals surface area contributed by atoms with Gasteiger partial charge in [0.25, 0.3) is 5.91 Å². The summed E-state index contributed by atoms with van der Waals surface area (Å²) in [6, 6.07) is 10.8. The highest BCUT2D eigenvalue weighted by molar-refractivity contribution is 5.94. The van der Waals surface area contributed by atoms with Crippen LogP contribution in [-0.4, -0.2) is 50.0 Å². The number of aromatic nitrogens is 2. The zero-order chi connectivity index (χ0) is 22.9. The van der Waals surface area contributed by atoms with Crippen molar-refractivity contribution >= 4 is 12.1 Å². The highest BCUT2D eigenvalue weighted by Gasteiger charge is 2.13. The van der Waals surface area contributed by atoms with Crippen LogP contribution in [0, 0.1) is 0 Å². The first-order chi connectivity index (χ1) is 15.6. The second-order valence-electron chi connectivity index (χ2n) is 6.40. The molecule has 0 bridgehead atoms. The zero-order valence-electron chi connectivity index (χ0n) is 18.3. The topological polar surface area (TPSA) is 104 Å². The molecule has 0 unspecified atom stereocenters. The maximum absolute atomic E-state index is 12.5. The molecule has 0 saturated carbocycles. The minimum Gasteiger partial charge on any atom is -0.497 e. The number of rotatable bonds is 9. The van der Waals surface area contributed by atoms with Crippen LogP contribution in [0.15, 0.2) is 53.9 Å². The molecule has 166 valence electrons. The van der Waals surface area contributed by atoms with Gasteiger partial charge in [0.05, 0.1) is 52.2 Å². The van der Waals surface area contributed by atoms with Gasteiger partial charge in [-0.05, 0) is 37.3 Å². The van der Waals surface area contributed by atoms with Crippen molar-refractivity contribution in [2.45, 2.75) is 6.92 Å². The van der Waals surface area contributed by atoms with E-state index in [1.807, 2.05) is 31.2 Å². The van der Waals surface area contributed by atoms with Crippen LogP contribution in [-0.2, 0) is 0 Å². The number of amides is 1. The number of methoxy groups -OCH3 is 3. The van der Waals surface area contributed by atoms with Crippen molar-refractivity contribution in [2.75, 3.05) is 27.9 Å². The average Bonchev–Trinajstić information content (AvgIpc) is 2.84. The Bertz CT molecular complexity index is 1100. The van der Waals surface area contributed by atoms with E-state index in [2.05, 4.69) is 20.5 Å². The smallest absolute Gasteiger partial charge is 0.291 e. The molecule has 9 nitrogen and oxygen atoms in total. The summed E-state index contributed by atoms with van der Waals surface area (Å²) in [6.45, 7) is 2.51. The minimum atomic E-state index is -0.504. The van der Waals surface area contributed by atoms with Crippen molar-refractivity contribution in [3.63, 3.8) is 0 Å². The molecule has 0 aliphatic rings. The molecule has 1 heterocycles. The van der Waals surface area contributed by atoms with Crippen molar-refractivity contribution in [3.8, 4) is 34.3 Å². The van der Waals surface area contributed by atoms with Crippen molar-refractivity contribution < 1.29 is 23.7 Å². The predicted molar refractivity (Wildman–Crippen MR) is 120 cm³/mol. The van der Waals surface area contributed by atoms with Gasteiger partial charge in [-0.15, -0.1) is 0 Å². The molecule has 9 heteroatoms. The number of nitrogens with zero attached hydrogens (tertiary/aromatic N) is 3.